The molecule has 0 atom stereocenters. The second-order valence-electron chi connectivity index (χ2n) is 9.88. The fourth-order valence-corrected chi connectivity index (χ4v) is 6.24. The molecule has 208 valence electrons. The van der Waals surface area contributed by atoms with E-state index in [4.69, 9.17) is 11.6 Å². The summed E-state index contributed by atoms with van der Waals surface area (Å²) in [5, 5.41) is 7.63. The van der Waals surface area contributed by atoms with Crippen LogP contribution in [-0.2, 0) is 21.2 Å². The van der Waals surface area contributed by atoms with Gasteiger partial charge in [0, 0.05) is 27.1 Å². The van der Waals surface area contributed by atoms with Gasteiger partial charge in [0.15, 0.2) is 5.13 Å². The third-order valence-electron chi connectivity index (χ3n) is 5.39. The summed E-state index contributed by atoms with van der Waals surface area (Å²) in [4.78, 5) is 29.2. The van der Waals surface area contributed by atoms with E-state index in [1.807, 2.05) is 0 Å². The maximum Gasteiger partial charge on any atom is 0.257 e. The predicted molar refractivity (Wildman–Crippen MR) is 156 cm³/mol. The van der Waals surface area contributed by atoms with Crippen LogP contribution >= 0.6 is 22.9 Å². The summed E-state index contributed by atoms with van der Waals surface area (Å²) in [7, 11) is -3.88. The fraction of sp³-hybridized carbons (Fsp3) is 0.179. The number of hydrogen-bond acceptors (Lipinski definition) is 6. The zero-order chi connectivity index (χ0) is 29.1. The van der Waals surface area contributed by atoms with Gasteiger partial charge in [-0.1, -0.05) is 35.9 Å². The topological polar surface area (TPSA) is 117 Å². The summed E-state index contributed by atoms with van der Waals surface area (Å²) >= 11 is 7.00. The number of amides is 2. The van der Waals surface area contributed by atoms with Crippen molar-refractivity contribution < 1.29 is 22.4 Å². The number of thiazole rings is 1. The number of rotatable bonds is 8. The van der Waals surface area contributed by atoms with Gasteiger partial charge < -0.3 is 5.32 Å². The SMILES string of the molecule is CC(C)(C)NS(=O)(=O)c1ccccc1-c1ccc(NC(=O)Cc2csc(NC(=O)c3ccc(Cl)cc3)n2)c(F)c1. The molecule has 12 heteroatoms. The monoisotopic (exact) mass is 600 g/mol. The van der Waals surface area contributed by atoms with Gasteiger partial charge in [-0.25, -0.2) is 22.5 Å². The molecule has 0 aliphatic heterocycles. The molecule has 0 unspecified atom stereocenters. The maximum atomic E-state index is 15.0. The molecule has 8 nitrogen and oxygen atoms in total. The molecule has 2 amide bonds. The van der Waals surface area contributed by atoms with Crippen molar-refractivity contribution >= 4 is 55.6 Å². The van der Waals surface area contributed by atoms with E-state index in [0.717, 1.165) is 11.3 Å². The van der Waals surface area contributed by atoms with Crippen molar-refractivity contribution in [3.63, 3.8) is 0 Å². The molecule has 0 bridgehead atoms. The third-order valence-corrected chi connectivity index (χ3v) is 8.27. The molecule has 0 saturated heterocycles. The molecule has 1 heterocycles. The fourth-order valence-electron chi connectivity index (χ4n) is 3.76. The van der Waals surface area contributed by atoms with Gasteiger partial charge in [-0.15, -0.1) is 11.3 Å². The first kappa shape index (κ1) is 29.3. The Hall–Kier alpha value is -3.64. The number of carbonyl (C=O) groups excluding carboxylic acids is 2. The van der Waals surface area contributed by atoms with Gasteiger partial charge in [-0.05, 0) is 68.8 Å². The molecule has 0 spiro atoms. The lowest BCUT2D eigenvalue weighted by atomic mass is 10.0. The Morgan fingerprint density at radius 3 is 2.38 bits per heavy atom. The molecule has 0 saturated carbocycles. The standard InChI is InChI=1S/C28H26ClFN4O4S2/c1-28(2,3)34-40(37,38)24-7-5-4-6-21(24)18-10-13-23(22(30)14-18)32-25(35)15-20-16-39-27(31-20)33-26(36)17-8-11-19(29)12-9-17/h4-14,16,34H,15H2,1-3H3,(H,32,35)(H,31,33,36). The van der Waals surface area contributed by atoms with Crippen LogP contribution in [0.15, 0.2) is 77.0 Å². The summed E-state index contributed by atoms with van der Waals surface area (Å²) in [6, 6.07) is 16.8. The average Bonchev–Trinajstić information content (AvgIpc) is 3.30. The van der Waals surface area contributed by atoms with Crippen molar-refractivity contribution in [3.05, 3.63) is 94.2 Å². The Bertz CT molecular complexity index is 1670. The highest BCUT2D eigenvalue weighted by molar-refractivity contribution is 7.89. The van der Waals surface area contributed by atoms with Gasteiger partial charge >= 0.3 is 0 Å². The van der Waals surface area contributed by atoms with Crippen LogP contribution in [0.25, 0.3) is 11.1 Å². The van der Waals surface area contributed by atoms with E-state index in [1.54, 1.807) is 68.6 Å². The first-order valence-corrected chi connectivity index (χ1v) is 14.8. The lowest BCUT2D eigenvalue weighted by Gasteiger charge is -2.21. The summed E-state index contributed by atoms with van der Waals surface area (Å²) in [5.41, 5.74) is 0.706. The van der Waals surface area contributed by atoms with Crippen LogP contribution in [-0.4, -0.2) is 30.8 Å². The van der Waals surface area contributed by atoms with E-state index in [1.165, 1.54) is 24.3 Å². The zero-order valence-electron chi connectivity index (χ0n) is 21.8. The number of hydrogen-bond donors (Lipinski definition) is 3. The second kappa shape index (κ2) is 11.8. The molecule has 0 radical (unpaired) electrons. The number of sulfonamides is 1. The first-order chi connectivity index (χ1) is 18.8. The number of nitrogens with one attached hydrogen (secondary N) is 3. The molecule has 1 aromatic heterocycles. The Labute approximate surface area is 240 Å². The second-order valence-corrected chi connectivity index (χ2v) is 12.8. The van der Waals surface area contributed by atoms with Crippen molar-refractivity contribution in [2.45, 2.75) is 37.6 Å². The third kappa shape index (κ3) is 7.51. The van der Waals surface area contributed by atoms with Crippen molar-refractivity contribution in [3.8, 4) is 11.1 Å². The smallest absolute Gasteiger partial charge is 0.257 e. The molecule has 3 aromatic carbocycles. The van der Waals surface area contributed by atoms with E-state index in [9.17, 15) is 18.0 Å². The molecule has 0 aliphatic rings. The lowest BCUT2D eigenvalue weighted by Crippen LogP contribution is -2.40. The number of halogens is 2. The molecular weight excluding hydrogens is 575 g/mol. The van der Waals surface area contributed by atoms with E-state index in [2.05, 4.69) is 20.3 Å². The minimum Gasteiger partial charge on any atom is -0.323 e. The summed E-state index contributed by atoms with van der Waals surface area (Å²) < 4.78 is 43.6. The number of nitrogens with zero attached hydrogens (tertiary/aromatic N) is 1. The molecule has 4 rings (SSSR count). The van der Waals surface area contributed by atoms with Gasteiger partial charge in [0.25, 0.3) is 5.91 Å². The van der Waals surface area contributed by atoms with Crippen molar-refractivity contribution in [1.29, 1.82) is 0 Å². The van der Waals surface area contributed by atoms with Crippen LogP contribution in [0.1, 0.15) is 36.8 Å². The Kier molecular flexibility index (Phi) is 8.69. The average molecular weight is 601 g/mol. The normalized spacial score (nSPS) is 11.7. The largest absolute Gasteiger partial charge is 0.323 e. The highest BCUT2D eigenvalue weighted by Crippen LogP contribution is 2.30. The van der Waals surface area contributed by atoms with Crippen LogP contribution in [0.3, 0.4) is 0 Å². The van der Waals surface area contributed by atoms with E-state index in [0.29, 0.717) is 32.5 Å². The van der Waals surface area contributed by atoms with Crippen molar-refractivity contribution in [2.24, 2.45) is 0 Å². The lowest BCUT2D eigenvalue weighted by molar-refractivity contribution is -0.115. The molecule has 40 heavy (non-hydrogen) atoms. The Morgan fingerprint density at radius 2 is 1.70 bits per heavy atom. The predicted octanol–water partition coefficient (Wildman–Crippen LogP) is 6.11. The van der Waals surface area contributed by atoms with Gasteiger partial charge in [-0.2, -0.15) is 0 Å². The van der Waals surface area contributed by atoms with Gasteiger partial charge in [0.05, 0.1) is 22.7 Å². The molecular formula is C28H26ClFN4O4S2. The van der Waals surface area contributed by atoms with Crippen LogP contribution in [0.5, 0.6) is 0 Å². The van der Waals surface area contributed by atoms with Crippen molar-refractivity contribution in [2.75, 3.05) is 10.6 Å². The molecule has 0 aliphatic carbocycles. The first-order valence-electron chi connectivity index (χ1n) is 12.0. The summed E-state index contributed by atoms with van der Waals surface area (Å²) in [6.45, 7) is 5.19. The van der Waals surface area contributed by atoms with Crippen LogP contribution < -0.4 is 15.4 Å². The number of carbonyl (C=O) groups is 2. The highest BCUT2D eigenvalue weighted by atomic mass is 35.5. The number of benzene rings is 3. The van der Waals surface area contributed by atoms with Gasteiger partial charge in [0.1, 0.15) is 5.82 Å². The maximum absolute atomic E-state index is 15.0. The van der Waals surface area contributed by atoms with Gasteiger partial charge in [0.2, 0.25) is 15.9 Å². The van der Waals surface area contributed by atoms with Crippen molar-refractivity contribution in [1.82, 2.24) is 9.71 Å². The van der Waals surface area contributed by atoms with Crippen LogP contribution in [0, 0.1) is 5.82 Å². The van der Waals surface area contributed by atoms with Gasteiger partial charge in [-0.3, -0.25) is 14.9 Å². The Balaban J connectivity index is 1.43. The quantitative estimate of drug-likeness (QED) is 0.225. The highest BCUT2D eigenvalue weighted by Gasteiger charge is 2.25. The van der Waals surface area contributed by atoms with E-state index < -0.39 is 27.3 Å². The summed E-state index contributed by atoms with van der Waals surface area (Å²) in [6.07, 6.45) is -0.145. The molecule has 4 aromatic rings. The molecule has 0 fully saturated rings. The van der Waals surface area contributed by atoms with E-state index >= 15 is 4.39 Å². The number of aromatic nitrogens is 1. The summed E-state index contributed by atoms with van der Waals surface area (Å²) in [5.74, 6) is -1.60. The van der Waals surface area contributed by atoms with Crippen LogP contribution in [0.4, 0.5) is 15.2 Å². The minimum atomic E-state index is -3.88. The van der Waals surface area contributed by atoms with E-state index in [-0.39, 0.29) is 22.9 Å². The Morgan fingerprint density at radius 1 is 1.00 bits per heavy atom. The molecule has 3 N–H and O–H groups in total. The zero-order valence-corrected chi connectivity index (χ0v) is 24.2. The number of anilines is 2. The minimum absolute atomic E-state index is 0.0172. The van der Waals surface area contributed by atoms with Crippen LogP contribution in [0.2, 0.25) is 5.02 Å².